The van der Waals surface area contributed by atoms with E-state index < -0.39 is 0 Å². The van der Waals surface area contributed by atoms with Crippen LogP contribution in [0.5, 0.6) is 17.2 Å². The number of methoxy groups -OCH3 is 3. The van der Waals surface area contributed by atoms with Crippen LogP contribution < -0.4 is 19.5 Å². The first-order chi connectivity index (χ1) is 16.5. The van der Waals surface area contributed by atoms with Crippen LogP contribution in [0.1, 0.15) is 21.5 Å². The van der Waals surface area contributed by atoms with Gasteiger partial charge >= 0.3 is 0 Å². The van der Waals surface area contributed by atoms with E-state index in [4.69, 9.17) is 14.2 Å². The standard InChI is InChI=1S/C26H26N4O4/c1-17-10-12-19(13-11-17)24-28-26(27-16-18-8-6-5-7-9-18)30(29-24)25(31)20-14-21(32-2)23(34-4)22(15-20)33-3/h5-15H,16H2,1-4H3,(H,27,28,29). The molecule has 0 aliphatic carbocycles. The summed E-state index contributed by atoms with van der Waals surface area (Å²) in [5, 5.41) is 7.78. The van der Waals surface area contributed by atoms with E-state index in [1.807, 2.05) is 61.5 Å². The molecule has 34 heavy (non-hydrogen) atoms. The van der Waals surface area contributed by atoms with Gasteiger partial charge in [-0.3, -0.25) is 4.79 Å². The lowest BCUT2D eigenvalue weighted by Crippen LogP contribution is -2.18. The predicted octanol–water partition coefficient (Wildman–Crippen LogP) is 4.58. The number of anilines is 1. The molecule has 1 heterocycles. The second-order valence-corrected chi connectivity index (χ2v) is 7.60. The summed E-state index contributed by atoms with van der Waals surface area (Å²) < 4.78 is 17.5. The molecule has 0 atom stereocenters. The maximum atomic E-state index is 13.6. The van der Waals surface area contributed by atoms with Crippen LogP contribution >= 0.6 is 0 Å². The van der Waals surface area contributed by atoms with Crippen molar-refractivity contribution in [2.45, 2.75) is 13.5 Å². The topological polar surface area (TPSA) is 87.5 Å². The molecule has 4 rings (SSSR count). The van der Waals surface area contributed by atoms with Crippen molar-refractivity contribution in [3.05, 3.63) is 83.4 Å². The van der Waals surface area contributed by atoms with Crippen molar-refractivity contribution in [1.29, 1.82) is 0 Å². The fraction of sp³-hybridized carbons (Fsp3) is 0.192. The highest BCUT2D eigenvalue weighted by molar-refractivity contribution is 5.98. The maximum absolute atomic E-state index is 13.6. The first kappa shape index (κ1) is 22.8. The largest absolute Gasteiger partial charge is 0.493 e. The molecule has 8 nitrogen and oxygen atoms in total. The summed E-state index contributed by atoms with van der Waals surface area (Å²) in [6.07, 6.45) is 0. The van der Waals surface area contributed by atoms with E-state index in [9.17, 15) is 4.79 Å². The van der Waals surface area contributed by atoms with Gasteiger partial charge in [0, 0.05) is 17.7 Å². The lowest BCUT2D eigenvalue weighted by Gasteiger charge is -2.14. The zero-order valence-corrected chi connectivity index (χ0v) is 19.5. The maximum Gasteiger partial charge on any atom is 0.281 e. The minimum atomic E-state index is -0.388. The van der Waals surface area contributed by atoms with E-state index in [2.05, 4.69) is 15.4 Å². The molecule has 1 aromatic heterocycles. The van der Waals surface area contributed by atoms with Crippen molar-refractivity contribution in [1.82, 2.24) is 14.8 Å². The Balaban J connectivity index is 1.75. The number of aryl methyl sites for hydroxylation is 1. The summed E-state index contributed by atoms with van der Waals surface area (Å²) in [5.74, 6) is 1.55. The molecule has 0 fully saturated rings. The number of carbonyl (C=O) groups is 1. The number of ether oxygens (including phenoxy) is 3. The monoisotopic (exact) mass is 458 g/mol. The molecule has 174 valence electrons. The summed E-state index contributed by atoms with van der Waals surface area (Å²) >= 11 is 0. The molecular formula is C26H26N4O4. The molecule has 1 N–H and O–H groups in total. The quantitative estimate of drug-likeness (QED) is 0.413. The summed E-state index contributed by atoms with van der Waals surface area (Å²) in [5.41, 5.74) is 3.30. The molecule has 0 aliphatic heterocycles. The van der Waals surface area contributed by atoms with Gasteiger partial charge in [-0.15, -0.1) is 5.10 Å². The molecule has 0 saturated carbocycles. The van der Waals surface area contributed by atoms with Crippen LogP contribution in [-0.2, 0) is 6.54 Å². The van der Waals surface area contributed by atoms with Gasteiger partial charge in [-0.05, 0) is 24.6 Å². The third kappa shape index (κ3) is 4.71. The van der Waals surface area contributed by atoms with Crippen molar-refractivity contribution in [3.8, 4) is 28.6 Å². The number of hydrogen-bond acceptors (Lipinski definition) is 7. The Morgan fingerprint density at radius 1 is 0.912 bits per heavy atom. The Hall–Kier alpha value is -4.33. The highest BCUT2D eigenvalue weighted by Gasteiger charge is 2.22. The Bertz CT molecular complexity index is 1260. The first-order valence-corrected chi connectivity index (χ1v) is 10.7. The minimum Gasteiger partial charge on any atom is -0.493 e. The van der Waals surface area contributed by atoms with Gasteiger partial charge in [0.2, 0.25) is 11.7 Å². The van der Waals surface area contributed by atoms with Gasteiger partial charge in [0.05, 0.1) is 21.3 Å². The predicted molar refractivity (Wildman–Crippen MR) is 130 cm³/mol. The zero-order chi connectivity index (χ0) is 24.1. The molecule has 0 spiro atoms. The van der Waals surface area contributed by atoms with Crippen LogP contribution in [0, 0.1) is 6.92 Å². The van der Waals surface area contributed by atoms with E-state index in [1.54, 1.807) is 12.1 Å². The lowest BCUT2D eigenvalue weighted by atomic mass is 10.1. The van der Waals surface area contributed by atoms with Crippen LogP contribution in [0.15, 0.2) is 66.7 Å². The van der Waals surface area contributed by atoms with E-state index in [-0.39, 0.29) is 5.91 Å². The van der Waals surface area contributed by atoms with Gasteiger partial charge in [-0.2, -0.15) is 9.67 Å². The minimum absolute atomic E-state index is 0.317. The number of rotatable bonds is 8. The molecule has 0 amide bonds. The van der Waals surface area contributed by atoms with Gasteiger partial charge in [-0.25, -0.2) is 0 Å². The van der Waals surface area contributed by atoms with Crippen LogP contribution in [0.2, 0.25) is 0 Å². The average Bonchev–Trinajstić information content (AvgIpc) is 3.31. The fourth-order valence-electron chi connectivity index (χ4n) is 3.50. The molecule has 3 aromatic carbocycles. The van der Waals surface area contributed by atoms with Gasteiger partial charge in [0.15, 0.2) is 17.3 Å². The van der Waals surface area contributed by atoms with Crippen molar-refractivity contribution in [3.63, 3.8) is 0 Å². The third-order valence-electron chi connectivity index (χ3n) is 5.31. The molecule has 0 unspecified atom stereocenters. The molecule has 0 radical (unpaired) electrons. The fourth-order valence-corrected chi connectivity index (χ4v) is 3.50. The smallest absolute Gasteiger partial charge is 0.281 e. The van der Waals surface area contributed by atoms with Gasteiger partial charge in [-0.1, -0.05) is 60.2 Å². The number of aromatic nitrogens is 3. The van der Waals surface area contributed by atoms with E-state index in [1.165, 1.54) is 26.0 Å². The molecule has 0 bridgehead atoms. The van der Waals surface area contributed by atoms with Crippen molar-refractivity contribution in [2.75, 3.05) is 26.6 Å². The van der Waals surface area contributed by atoms with Crippen molar-refractivity contribution < 1.29 is 19.0 Å². The van der Waals surface area contributed by atoms with Gasteiger partial charge in [0.1, 0.15) is 0 Å². The highest BCUT2D eigenvalue weighted by atomic mass is 16.5. The molecule has 0 aliphatic rings. The summed E-state index contributed by atoms with van der Waals surface area (Å²) in [4.78, 5) is 18.2. The van der Waals surface area contributed by atoms with E-state index >= 15 is 0 Å². The van der Waals surface area contributed by atoms with Crippen LogP contribution in [0.25, 0.3) is 11.4 Å². The van der Waals surface area contributed by atoms with E-state index in [0.29, 0.717) is 41.1 Å². The normalized spacial score (nSPS) is 10.6. The highest BCUT2D eigenvalue weighted by Crippen LogP contribution is 2.38. The van der Waals surface area contributed by atoms with Gasteiger partial charge in [0.25, 0.3) is 5.91 Å². The zero-order valence-electron chi connectivity index (χ0n) is 19.5. The SMILES string of the molecule is COc1cc(C(=O)n2nc(-c3ccc(C)cc3)nc2NCc2ccccc2)cc(OC)c1OC. The Morgan fingerprint density at radius 3 is 2.15 bits per heavy atom. The van der Waals surface area contributed by atoms with Gasteiger partial charge < -0.3 is 19.5 Å². The Morgan fingerprint density at radius 2 is 1.56 bits per heavy atom. The number of carbonyl (C=O) groups excluding carboxylic acids is 1. The van der Waals surface area contributed by atoms with Crippen LogP contribution in [0.4, 0.5) is 5.95 Å². The second kappa shape index (κ2) is 10.1. The summed E-state index contributed by atoms with van der Waals surface area (Å²) in [7, 11) is 4.52. The molecule has 4 aromatic rings. The average molecular weight is 459 g/mol. The molecular weight excluding hydrogens is 432 g/mol. The number of hydrogen-bond donors (Lipinski definition) is 1. The number of benzene rings is 3. The summed E-state index contributed by atoms with van der Waals surface area (Å²) in [6.45, 7) is 2.49. The lowest BCUT2D eigenvalue weighted by molar-refractivity contribution is 0.0946. The Labute approximate surface area is 198 Å². The number of nitrogens with one attached hydrogen (secondary N) is 1. The van der Waals surface area contributed by atoms with Crippen molar-refractivity contribution in [2.24, 2.45) is 0 Å². The summed E-state index contributed by atoms with van der Waals surface area (Å²) in [6, 6.07) is 20.9. The molecule has 8 heteroatoms. The molecule has 0 saturated heterocycles. The Kier molecular flexibility index (Phi) is 6.77. The number of nitrogens with zero attached hydrogens (tertiary/aromatic N) is 3. The second-order valence-electron chi connectivity index (χ2n) is 7.60. The first-order valence-electron chi connectivity index (χ1n) is 10.7. The van der Waals surface area contributed by atoms with E-state index in [0.717, 1.165) is 16.7 Å². The van der Waals surface area contributed by atoms with Crippen molar-refractivity contribution >= 4 is 11.9 Å². The van der Waals surface area contributed by atoms with Crippen LogP contribution in [-0.4, -0.2) is 42.0 Å². The van der Waals surface area contributed by atoms with Crippen LogP contribution in [0.3, 0.4) is 0 Å². The third-order valence-corrected chi connectivity index (χ3v) is 5.31.